The van der Waals surface area contributed by atoms with Crippen LogP contribution in [0.4, 0.5) is 0 Å². The van der Waals surface area contributed by atoms with Gasteiger partial charge in [0.1, 0.15) is 0 Å². The maximum Gasteiger partial charge on any atom is 0.277 e. The highest BCUT2D eigenvalue weighted by Gasteiger charge is 2.25. The van der Waals surface area contributed by atoms with Gasteiger partial charge in [-0.15, -0.1) is 10.2 Å². The molecule has 4 rings (SSSR count). The normalized spacial score (nSPS) is 16.9. The molecular formula is C23H25N3O2S. The number of nitrogens with one attached hydrogen (secondary N) is 1. The molecule has 1 heterocycles. The fraction of sp³-hybridized carbons (Fsp3) is 0.348. The van der Waals surface area contributed by atoms with Crippen molar-refractivity contribution in [3.8, 4) is 11.5 Å². The Bertz CT molecular complexity index is 1030. The van der Waals surface area contributed by atoms with Gasteiger partial charge in [-0.2, -0.15) is 0 Å². The fourth-order valence-corrected chi connectivity index (χ4v) is 4.34. The maximum absolute atomic E-state index is 12.8. The molecule has 1 amide bonds. The average Bonchev–Trinajstić information content (AvgIpc) is 3.18. The summed E-state index contributed by atoms with van der Waals surface area (Å²) in [6.45, 7) is 5.99. The van der Waals surface area contributed by atoms with Crippen LogP contribution >= 0.6 is 11.8 Å². The molecule has 6 heteroatoms. The number of aromatic nitrogens is 2. The molecule has 2 atom stereocenters. The van der Waals surface area contributed by atoms with Crippen LogP contribution in [-0.2, 0) is 11.2 Å². The zero-order valence-electron chi connectivity index (χ0n) is 16.9. The van der Waals surface area contributed by atoms with Gasteiger partial charge >= 0.3 is 0 Å². The van der Waals surface area contributed by atoms with Gasteiger partial charge in [0.2, 0.25) is 11.8 Å². The maximum atomic E-state index is 12.8. The van der Waals surface area contributed by atoms with Gasteiger partial charge in [-0.25, -0.2) is 0 Å². The smallest absolute Gasteiger partial charge is 0.277 e. The third-order valence-corrected chi connectivity index (χ3v) is 6.43. The highest BCUT2D eigenvalue weighted by Crippen LogP contribution is 2.31. The number of hydrogen-bond acceptors (Lipinski definition) is 5. The minimum Gasteiger partial charge on any atom is -0.411 e. The molecule has 0 saturated heterocycles. The number of nitrogens with zero attached hydrogens (tertiary/aromatic N) is 2. The number of hydrogen-bond donors (Lipinski definition) is 1. The Hall–Kier alpha value is -2.60. The van der Waals surface area contributed by atoms with Crippen LogP contribution in [0, 0.1) is 13.8 Å². The number of carbonyl (C=O) groups excluding carboxylic acids is 1. The van der Waals surface area contributed by atoms with E-state index in [1.807, 2.05) is 31.2 Å². The monoisotopic (exact) mass is 407 g/mol. The van der Waals surface area contributed by atoms with Crippen molar-refractivity contribution >= 4 is 17.7 Å². The zero-order chi connectivity index (χ0) is 20.4. The van der Waals surface area contributed by atoms with E-state index in [9.17, 15) is 4.79 Å². The van der Waals surface area contributed by atoms with Crippen molar-refractivity contribution in [2.24, 2.45) is 0 Å². The van der Waals surface area contributed by atoms with Crippen LogP contribution in [0.3, 0.4) is 0 Å². The molecule has 0 spiro atoms. The van der Waals surface area contributed by atoms with Crippen LogP contribution < -0.4 is 5.32 Å². The summed E-state index contributed by atoms with van der Waals surface area (Å²) < 4.78 is 5.79. The number of aryl methyl sites for hydroxylation is 3. The minimum atomic E-state index is -0.322. The predicted octanol–water partition coefficient (Wildman–Crippen LogP) is 5.03. The Morgan fingerprint density at radius 1 is 1.17 bits per heavy atom. The van der Waals surface area contributed by atoms with Crippen LogP contribution in [0.25, 0.3) is 11.5 Å². The molecule has 0 aliphatic heterocycles. The van der Waals surface area contributed by atoms with E-state index in [2.05, 4.69) is 47.6 Å². The second kappa shape index (κ2) is 8.41. The summed E-state index contributed by atoms with van der Waals surface area (Å²) in [5.74, 6) is 0.465. The van der Waals surface area contributed by atoms with Gasteiger partial charge in [-0.05, 0) is 74.4 Å². The molecule has 5 nitrogen and oxygen atoms in total. The second-order valence-electron chi connectivity index (χ2n) is 7.58. The molecule has 150 valence electrons. The topological polar surface area (TPSA) is 68.0 Å². The lowest BCUT2D eigenvalue weighted by molar-refractivity contribution is -0.121. The van der Waals surface area contributed by atoms with E-state index in [-0.39, 0.29) is 17.2 Å². The molecule has 0 bridgehead atoms. The SMILES string of the molecule is Cc1ccc(-c2nnc(S[C@H](C)C(=O)N[C@H]3CCCc4ccccc43)o2)cc1C. The van der Waals surface area contributed by atoms with Crippen LogP contribution in [0.1, 0.15) is 48.1 Å². The van der Waals surface area contributed by atoms with E-state index in [0.717, 1.165) is 24.8 Å². The number of rotatable bonds is 5. The van der Waals surface area contributed by atoms with Crippen molar-refractivity contribution in [1.29, 1.82) is 0 Å². The van der Waals surface area contributed by atoms with Crippen LogP contribution in [0.15, 0.2) is 52.1 Å². The summed E-state index contributed by atoms with van der Waals surface area (Å²) in [5.41, 5.74) is 5.86. The molecule has 0 saturated carbocycles. The summed E-state index contributed by atoms with van der Waals surface area (Å²) >= 11 is 1.29. The Kier molecular flexibility index (Phi) is 5.72. The molecule has 3 aromatic rings. The Morgan fingerprint density at radius 3 is 2.83 bits per heavy atom. The van der Waals surface area contributed by atoms with Crippen LogP contribution in [0.2, 0.25) is 0 Å². The average molecular weight is 408 g/mol. The molecule has 1 aliphatic rings. The van der Waals surface area contributed by atoms with Gasteiger partial charge < -0.3 is 9.73 Å². The molecule has 0 unspecified atom stereocenters. The number of amides is 1. The largest absolute Gasteiger partial charge is 0.411 e. The lowest BCUT2D eigenvalue weighted by atomic mass is 9.88. The van der Waals surface area contributed by atoms with E-state index in [1.165, 1.54) is 34.0 Å². The van der Waals surface area contributed by atoms with Gasteiger partial charge in [0.15, 0.2) is 0 Å². The quantitative estimate of drug-likeness (QED) is 0.601. The lowest BCUT2D eigenvalue weighted by Gasteiger charge is -2.27. The molecule has 0 fully saturated rings. The zero-order valence-corrected chi connectivity index (χ0v) is 17.8. The molecule has 1 aliphatic carbocycles. The summed E-state index contributed by atoms with van der Waals surface area (Å²) in [7, 11) is 0. The van der Waals surface area contributed by atoms with Crippen molar-refractivity contribution in [2.45, 2.75) is 56.5 Å². The highest BCUT2D eigenvalue weighted by molar-refractivity contribution is 8.00. The van der Waals surface area contributed by atoms with E-state index in [1.54, 1.807) is 0 Å². The van der Waals surface area contributed by atoms with Gasteiger partial charge in [-0.3, -0.25) is 4.79 Å². The number of benzene rings is 2. The van der Waals surface area contributed by atoms with Crippen molar-refractivity contribution in [3.05, 3.63) is 64.7 Å². The third-order valence-electron chi connectivity index (χ3n) is 5.49. The van der Waals surface area contributed by atoms with E-state index >= 15 is 0 Å². The summed E-state index contributed by atoms with van der Waals surface area (Å²) in [6, 6.07) is 14.5. The van der Waals surface area contributed by atoms with Crippen molar-refractivity contribution in [2.75, 3.05) is 0 Å². The van der Waals surface area contributed by atoms with E-state index < -0.39 is 0 Å². The number of thioether (sulfide) groups is 1. The summed E-state index contributed by atoms with van der Waals surface area (Å²) in [6.07, 6.45) is 3.14. The molecule has 0 radical (unpaired) electrons. The molecule has 2 aromatic carbocycles. The number of carbonyl (C=O) groups is 1. The van der Waals surface area contributed by atoms with Crippen molar-refractivity contribution < 1.29 is 9.21 Å². The van der Waals surface area contributed by atoms with Crippen LogP contribution in [-0.4, -0.2) is 21.4 Å². The fourth-order valence-electron chi connectivity index (χ4n) is 3.65. The Morgan fingerprint density at radius 2 is 2.00 bits per heavy atom. The van der Waals surface area contributed by atoms with Gasteiger partial charge in [-0.1, -0.05) is 42.1 Å². The molecule has 1 N–H and O–H groups in total. The predicted molar refractivity (Wildman–Crippen MR) is 115 cm³/mol. The second-order valence-corrected chi connectivity index (χ2v) is 8.88. The Balaban J connectivity index is 1.41. The minimum absolute atomic E-state index is 0.0115. The first kappa shape index (κ1) is 19.7. The van der Waals surface area contributed by atoms with Gasteiger partial charge in [0, 0.05) is 5.56 Å². The molecule has 1 aromatic heterocycles. The van der Waals surface area contributed by atoms with E-state index in [4.69, 9.17) is 4.42 Å². The number of fused-ring (bicyclic) bond motifs is 1. The standard InChI is InChI=1S/C23H25N3O2S/c1-14-11-12-18(13-15(14)2)22-25-26-23(28-22)29-16(3)21(27)24-20-10-6-8-17-7-4-5-9-19(17)20/h4-5,7,9,11-13,16,20H,6,8,10H2,1-3H3,(H,24,27)/t16-,20+/m1/s1. The van der Waals surface area contributed by atoms with Crippen molar-refractivity contribution in [1.82, 2.24) is 15.5 Å². The highest BCUT2D eigenvalue weighted by atomic mass is 32.2. The summed E-state index contributed by atoms with van der Waals surface area (Å²) in [5, 5.41) is 11.5. The first-order valence-electron chi connectivity index (χ1n) is 9.97. The van der Waals surface area contributed by atoms with Gasteiger partial charge in [0.05, 0.1) is 11.3 Å². The Labute approximate surface area is 175 Å². The van der Waals surface area contributed by atoms with Crippen LogP contribution in [0.5, 0.6) is 0 Å². The first-order chi connectivity index (χ1) is 14.0. The lowest BCUT2D eigenvalue weighted by Crippen LogP contribution is -2.35. The third kappa shape index (κ3) is 4.37. The van der Waals surface area contributed by atoms with Gasteiger partial charge in [0.25, 0.3) is 5.22 Å². The molecular weight excluding hydrogens is 382 g/mol. The molecule has 29 heavy (non-hydrogen) atoms. The van der Waals surface area contributed by atoms with Crippen molar-refractivity contribution in [3.63, 3.8) is 0 Å². The first-order valence-corrected chi connectivity index (χ1v) is 10.8. The van der Waals surface area contributed by atoms with E-state index in [0.29, 0.717) is 11.1 Å². The summed E-state index contributed by atoms with van der Waals surface area (Å²) in [4.78, 5) is 12.8.